The van der Waals surface area contributed by atoms with Crippen LogP contribution in [-0.4, -0.2) is 23.4 Å². The van der Waals surface area contributed by atoms with Crippen LogP contribution in [0.5, 0.6) is 5.75 Å². The van der Waals surface area contributed by atoms with Crippen molar-refractivity contribution in [3.63, 3.8) is 0 Å². The molecule has 4 aliphatic rings. The first kappa shape index (κ1) is 25.3. The van der Waals surface area contributed by atoms with Crippen LogP contribution in [-0.2, 0) is 0 Å². The molecule has 0 radical (unpaired) electrons. The number of fused-ring (bicyclic) bond motifs is 5. The molecule has 0 spiro atoms. The van der Waals surface area contributed by atoms with Crippen LogP contribution >= 0.6 is 0 Å². The molecule has 3 fully saturated rings. The van der Waals surface area contributed by atoms with E-state index in [0.29, 0.717) is 16.7 Å². The quantitative estimate of drug-likeness (QED) is 0.398. The molecular weight excluding hydrogens is 432 g/mol. The van der Waals surface area contributed by atoms with E-state index in [0.717, 1.165) is 60.7 Å². The smallest absolute Gasteiger partial charge is 0.124 e. The van der Waals surface area contributed by atoms with Crippen molar-refractivity contribution in [3.05, 3.63) is 41.5 Å². The normalized spacial score (nSPS) is 40.2. The van der Waals surface area contributed by atoms with E-state index in [1.54, 1.807) is 12.7 Å². The van der Waals surface area contributed by atoms with Crippen molar-refractivity contribution < 1.29 is 14.9 Å². The summed E-state index contributed by atoms with van der Waals surface area (Å²) in [6, 6.07) is 7.88. The van der Waals surface area contributed by atoms with E-state index >= 15 is 0 Å². The van der Waals surface area contributed by atoms with Gasteiger partial charge in [-0.05, 0) is 104 Å². The van der Waals surface area contributed by atoms with Crippen molar-refractivity contribution >= 4 is 0 Å². The molecular formula is C32H48O3. The second-order valence-electron chi connectivity index (χ2n) is 13.1. The van der Waals surface area contributed by atoms with Crippen molar-refractivity contribution in [1.82, 2.24) is 0 Å². The van der Waals surface area contributed by atoms with Gasteiger partial charge in [-0.25, -0.2) is 0 Å². The molecule has 3 heteroatoms. The minimum atomic E-state index is -0.446. The molecule has 1 aromatic rings. The van der Waals surface area contributed by atoms with Crippen molar-refractivity contribution in [3.8, 4) is 5.75 Å². The van der Waals surface area contributed by atoms with Gasteiger partial charge in [-0.15, -0.1) is 0 Å². The summed E-state index contributed by atoms with van der Waals surface area (Å²) in [5.74, 6) is 4.82. The standard InChI is InChI=1S/C32H48O3/c1-21(8-7-10-29(34)25-9-5-6-11-30(25)35-4)26-14-15-27-24-13-12-22-20-23(33)16-18-31(22,2)28(24)17-19-32(26,27)3/h5-6,9,11-12,21,23-24,26-29,33-34H,7-8,10,13-20H2,1-4H3/t21-,23+,24+,26-,27+,28+,29?,31+,32-/m1/s1. The maximum atomic E-state index is 10.8. The monoisotopic (exact) mass is 480 g/mol. The maximum absolute atomic E-state index is 10.8. The van der Waals surface area contributed by atoms with Gasteiger partial charge in [0.2, 0.25) is 0 Å². The van der Waals surface area contributed by atoms with Gasteiger partial charge in [-0.2, -0.15) is 0 Å². The average Bonchev–Trinajstić information content (AvgIpc) is 3.21. The minimum Gasteiger partial charge on any atom is -0.496 e. The first-order chi connectivity index (χ1) is 16.8. The average molecular weight is 481 g/mol. The molecule has 194 valence electrons. The summed E-state index contributed by atoms with van der Waals surface area (Å²) in [5.41, 5.74) is 3.31. The Morgan fingerprint density at radius 3 is 2.63 bits per heavy atom. The highest BCUT2D eigenvalue weighted by atomic mass is 16.5. The second kappa shape index (κ2) is 9.86. The number of hydrogen-bond acceptors (Lipinski definition) is 3. The van der Waals surface area contributed by atoms with Gasteiger partial charge in [-0.1, -0.05) is 63.5 Å². The van der Waals surface area contributed by atoms with Crippen LogP contribution < -0.4 is 4.74 Å². The number of benzene rings is 1. The van der Waals surface area contributed by atoms with Crippen LogP contribution in [0, 0.1) is 40.4 Å². The van der Waals surface area contributed by atoms with Crippen LogP contribution in [0.4, 0.5) is 0 Å². The lowest BCUT2D eigenvalue weighted by Gasteiger charge is -2.58. The van der Waals surface area contributed by atoms with Crippen molar-refractivity contribution in [2.45, 2.75) is 104 Å². The predicted octanol–water partition coefficient (Wildman–Crippen LogP) is 7.47. The zero-order valence-corrected chi connectivity index (χ0v) is 22.5. The van der Waals surface area contributed by atoms with Crippen molar-refractivity contribution in [1.29, 1.82) is 0 Å². The van der Waals surface area contributed by atoms with Gasteiger partial charge in [0.1, 0.15) is 5.75 Å². The molecule has 35 heavy (non-hydrogen) atoms. The largest absolute Gasteiger partial charge is 0.496 e. The Morgan fingerprint density at radius 1 is 1.03 bits per heavy atom. The lowest BCUT2D eigenvalue weighted by atomic mass is 9.47. The Morgan fingerprint density at radius 2 is 1.83 bits per heavy atom. The van der Waals surface area contributed by atoms with Crippen LogP contribution in [0.15, 0.2) is 35.9 Å². The Labute approximate surface area is 213 Å². The highest BCUT2D eigenvalue weighted by molar-refractivity contribution is 5.34. The van der Waals surface area contributed by atoms with Gasteiger partial charge in [0.05, 0.1) is 19.3 Å². The van der Waals surface area contributed by atoms with Gasteiger partial charge in [0, 0.05) is 5.56 Å². The molecule has 3 saturated carbocycles. The number of methoxy groups -OCH3 is 1. The fraction of sp³-hybridized carbons (Fsp3) is 0.750. The van der Waals surface area contributed by atoms with E-state index in [-0.39, 0.29) is 6.10 Å². The second-order valence-corrected chi connectivity index (χ2v) is 13.1. The Kier molecular flexibility index (Phi) is 7.14. The number of aliphatic hydroxyl groups is 2. The molecule has 0 saturated heterocycles. The Hall–Kier alpha value is -1.32. The zero-order valence-electron chi connectivity index (χ0n) is 22.5. The number of hydrogen-bond donors (Lipinski definition) is 2. The van der Waals surface area contributed by atoms with E-state index in [9.17, 15) is 10.2 Å². The third-order valence-electron chi connectivity index (χ3n) is 11.5. The number of allylic oxidation sites excluding steroid dienone is 1. The van der Waals surface area contributed by atoms with E-state index in [4.69, 9.17) is 4.74 Å². The van der Waals surface area contributed by atoms with E-state index < -0.39 is 6.10 Å². The Bertz CT molecular complexity index is 923. The molecule has 0 aliphatic heterocycles. The Balaban J connectivity index is 1.22. The number of rotatable bonds is 7. The maximum Gasteiger partial charge on any atom is 0.124 e. The van der Waals surface area contributed by atoms with Crippen LogP contribution in [0.1, 0.15) is 103 Å². The summed E-state index contributed by atoms with van der Waals surface area (Å²) < 4.78 is 5.46. The fourth-order valence-electron chi connectivity index (χ4n) is 9.55. The molecule has 0 heterocycles. The third-order valence-corrected chi connectivity index (χ3v) is 11.5. The molecule has 5 rings (SSSR count). The van der Waals surface area contributed by atoms with Crippen molar-refractivity contribution in [2.24, 2.45) is 40.4 Å². The summed E-state index contributed by atoms with van der Waals surface area (Å²) in [5, 5.41) is 21.1. The molecule has 3 nitrogen and oxygen atoms in total. The van der Waals surface area contributed by atoms with Crippen LogP contribution in [0.25, 0.3) is 0 Å². The summed E-state index contributed by atoms with van der Waals surface area (Å²) >= 11 is 0. The van der Waals surface area contributed by atoms with Gasteiger partial charge in [0.15, 0.2) is 0 Å². The molecule has 0 aromatic heterocycles. The molecule has 9 atom stereocenters. The number of para-hydroxylation sites is 1. The lowest BCUT2D eigenvalue weighted by molar-refractivity contribution is -0.0573. The van der Waals surface area contributed by atoms with Crippen LogP contribution in [0.3, 0.4) is 0 Å². The summed E-state index contributed by atoms with van der Waals surface area (Å²) in [6.45, 7) is 7.66. The van der Waals surface area contributed by atoms with E-state index in [2.05, 4.69) is 26.8 Å². The predicted molar refractivity (Wildman–Crippen MR) is 142 cm³/mol. The molecule has 2 N–H and O–H groups in total. The zero-order chi connectivity index (χ0) is 24.8. The van der Waals surface area contributed by atoms with Gasteiger partial charge in [-0.3, -0.25) is 0 Å². The van der Waals surface area contributed by atoms with Crippen LogP contribution in [0.2, 0.25) is 0 Å². The summed E-state index contributed by atoms with van der Waals surface area (Å²) in [6.07, 6.45) is 14.9. The molecule has 4 aliphatic carbocycles. The molecule has 1 unspecified atom stereocenters. The van der Waals surface area contributed by atoms with Gasteiger partial charge >= 0.3 is 0 Å². The van der Waals surface area contributed by atoms with Gasteiger partial charge in [0.25, 0.3) is 0 Å². The number of aliphatic hydroxyl groups excluding tert-OH is 2. The topological polar surface area (TPSA) is 49.7 Å². The molecule has 0 bridgehead atoms. The minimum absolute atomic E-state index is 0.113. The van der Waals surface area contributed by atoms with Crippen molar-refractivity contribution in [2.75, 3.05) is 7.11 Å². The van der Waals surface area contributed by atoms with Gasteiger partial charge < -0.3 is 14.9 Å². The third kappa shape index (κ3) is 4.39. The first-order valence-electron chi connectivity index (χ1n) is 14.5. The SMILES string of the molecule is COc1ccccc1C(O)CCC[C@@H](C)[C@H]1CC[C@H]2[C@@H]3CC=C4C[C@@H](O)CC[C@]4(C)[C@H]3CC[C@]12C. The highest BCUT2D eigenvalue weighted by Crippen LogP contribution is 2.67. The van der Waals surface area contributed by atoms with E-state index in [1.807, 2.05) is 24.3 Å². The first-order valence-corrected chi connectivity index (χ1v) is 14.5. The lowest BCUT2D eigenvalue weighted by Crippen LogP contribution is -2.50. The highest BCUT2D eigenvalue weighted by Gasteiger charge is 2.59. The number of ether oxygens (including phenoxy) is 1. The summed E-state index contributed by atoms with van der Waals surface area (Å²) in [4.78, 5) is 0. The fourth-order valence-corrected chi connectivity index (χ4v) is 9.55. The summed E-state index contributed by atoms with van der Waals surface area (Å²) in [7, 11) is 1.68. The molecule has 1 aromatic carbocycles. The molecule has 0 amide bonds. The van der Waals surface area contributed by atoms with E-state index in [1.165, 1.54) is 44.9 Å².